The highest BCUT2D eigenvalue weighted by molar-refractivity contribution is 5.89. The zero-order valence-corrected chi connectivity index (χ0v) is 17.7. The first-order chi connectivity index (χ1) is 15.0. The molecule has 7 nitrogen and oxygen atoms in total. The lowest BCUT2D eigenvalue weighted by atomic mass is 9.82. The van der Waals surface area contributed by atoms with E-state index in [4.69, 9.17) is 4.74 Å². The van der Waals surface area contributed by atoms with Gasteiger partial charge in [0.05, 0.1) is 13.0 Å². The maximum Gasteiger partial charge on any atom is 0.250 e. The van der Waals surface area contributed by atoms with E-state index < -0.39 is 0 Å². The summed E-state index contributed by atoms with van der Waals surface area (Å²) >= 11 is 0. The van der Waals surface area contributed by atoms with Crippen molar-refractivity contribution >= 4 is 11.8 Å². The van der Waals surface area contributed by atoms with Crippen molar-refractivity contribution in [2.24, 2.45) is 11.8 Å². The third kappa shape index (κ3) is 3.62. The van der Waals surface area contributed by atoms with Crippen LogP contribution < -0.4 is 10.3 Å². The number of carbonyl (C=O) groups excluding carboxylic acids is 2. The summed E-state index contributed by atoms with van der Waals surface area (Å²) in [5.41, 5.74) is 2.02. The van der Waals surface area contributed by atoms with E-state index in [2.05, 4.69) is 0 Å². The number of piperidine rings is 1. The van der Waals surface area contributed by atoms with Crippen LogP contribution in [0.2, 0.25) is 0 Å². The summed E-state index contributed by atoms with van der Waals surface area (Å²) in [6, 6.07) is 13.1. The lowest BCUT2D eigenvalue weighted by Crippen LogP contribution is -2.50. The first-order valence-electron chi connectivity index (χ1n) is 10.9. The Morgan fingerprint density at radius 2 is 1.87 bits per heavy atom. The molecule has 1 aromatic heterocycles. The second-order valence-electron chi connectivity index (χ2n) is 8.93. The zero-order valence-electron chi connectivity index (χ0n) is 17.7. The molecule has 2 saturated heterocycles. The number of likely N-dealkylation sites (tertiary alicyclic amines) is 2. The minimum atomic E-state index is -0.306. The number of pyridine rings is 1. The van der Waals surface area contributed by atoms with Crippen LogP contribution in [0.4, 0.5) is 0 Å². The fourth-order valence-electron chi connectivity index (χ4n) is 5.46. The van der Waals surface area contributed by atoms with E-state index in [1.807, 2.05) is 39.8 Å². The number of methoxy groups -OCH3 is 1. The molecule has 0 aliphatic carbocycles. The standard InChI is InChI=1S/C24H27N3O4/c1-31-21-7-3-2-5-17(21)13-25-15-19(10-23(25)29)24(30)26-11-16-9-18(14-26)20-6-4-8-22(28)27(20)12-16/h2-8,16,18-19H,9-15H2,1H3/t16-,18+,19-/m1/s1. The van der Waals surface area contributed by atoms with Crippen LogP contribution >= 0.6 is 0 Å². The average Bonchev–Trinajstić information content (AvgIpc) is 3.14. The molecule has 0 saturated carbocycles. The molecule has 7 heteroatoms. The lowest BCUT2D eigenvalue weighted by molar-refractivity contribution is -0.138. The van der Waals surface area contributed by atoms with Gasteiger partial charge >= 0.3 is 0 Å². The molecule has 3 aliphatic heterocycles. The molecule has 2 bridgehead atoms. The topological polar surface area (TPSA) is 71.8 Å². The van der Waals surface area contributed by atoms with Gasteiger partial charge in [-0.05, 0) is 24.5 Å². The average molecular weight is 421 g/mol. The van der Waals surface area contributed by atoms with Crippen LogP contribution in [0.25, 0.3) is 0 Å². The van der Waals surface area contributed by atoms with Gasteiger partial charge < -0.3 is 19.1 Å². The molecule has 0 spiro atoms. The third-order valence-electron chi connectivity index (χ3n) is 6.91. The van der Waals surface area contributed by atoms with Crippen LogP contribution in [0.5, 0.6) is 5.75 Å². The lowest BCUT2D eigenvalue weighted by Gasteiger charge is -2.43. The van der Waals surface area contributed by atoms with Crippen molar-refractivity contribution in [3.05, 3.63) is 64.1 Å². The SMILES string of the molecule is COc1ccccc1CN1C[C@H](C(=O)N2C[C@H]3C[C@@H](C2)c2cccc(=O)n2C3)CC1=O. The van der Waals surface area contributed by atoms with Gasteiger partial charge in [0, 0.05) is 62.4 Å². The van der Waals surface area contributed by atoms with Gasteiger partial charge in [-0.1, -0.05) is 24.3 Å². The maximum absolute atomic E-state index is 13.3. The molecular formula is C24H27N3O4. The van der Waals surface area contributed by atoms with Crippen LogP contribution in [-0.2, 0) is 22.7 Å². The molecule has 0 N–H and O–H groups in total. The molecule has 5 rings (SSSR count). The molecule has 1 aromatic carbocycles. The summed E-state index contributed by atoms with van der Waals surface area (Å²) in [7, 11) is 1.62. The Hall–Kier alpha value is -3.09. The number of nitrogens with zero attached hydrogens (tertiary/aromatic N) is 3. The van der Waals surface area contributed by atoms with Gasteiger partial charge in [-0.25, -0.2) is 0 Å². The first-order valence-corrected chi connectivity index (χ1v) is 10.9. The minimum Gasteiger partial charge on any atom is -0.496 e. The van der Waals surface area contributed by atoms with Crippen molar-refractivity contribution in [3.63, 3.8) is 0 Å². The zero-order chi connectivity index (χ0) is 21.5. The van der Waals surface area contributed by atoms with E-state index in [1.165, 1.54) is 0 Å². The number of para-hydroxylation sites is 1. The van der Waals surface area contributed by atoms with Gasteiger partial charge in [0.1, 0.15) is 5.75 Å². The van der Waals surface area contributed by atoms with E-state index in [0.717, 1.165) is 23.4 Å². The molecule has 2 amide bonds. The highest BCUT2D eigenvalue weighted by atomic mass is 16.5. The van der Waals surface area contributed by atoms with E-state index in [0.29, 0.717) is 32.7 Å². The maximum atomic E-state index is 13.3. The van der Waals surface area contributed by atoms with E-state index in [9.17, 15) is 14.4 Å². The number of ether oxygens (including phenoxy) is 1. The number of hydrogen-bond donors (Lipinski definition) is 0. The summed E-state index contributed by atoms with van der Waals surface area (Å²) in [5.74, 6) is 1.00. The van der Waals surface area contributed by atoms with Crippen LogP contribution in [0, 0.1) is 11.8 Å². The summed E-state index contributed by atoms with van der Waals surface area (Å²) in [4.78, 5) is 41.9. The van der Waals surface area contributed by atoms with Gasteiger partial charge in [-0.15, -0.1) is 0 Å². The van der Waals surface area contributed by atoms with Crippen molar-refractivity contribution < 1.29 is 14.3 Å². The summed E-state index contributed by atoms with van der Waals surface area (Å²) in [6.45, 7) is 2.84. The van der Waals surface area contributed by atoms with Crippen molar-refractivity contribution in [3.8, 4) is 5.75 Å². The van der Waals surface area contributed by atoms with Gasteiger partial charge in [0.25, 0.3) is 5.56 Å². The van der Waals surface area contributed by atoms with Gasteiger partial charge in [0.2, 0.25) is 11.8 Å². The highest BCUT2D eigenvalue weighted by Crippen LogP contribution is 2.36. The molecule has 4 heterocycles. The molecule has 0 radical (unpaired) electrons. The fourth-order valence-corrected chi connectivity index (χ4v) is 5.46. The summed E-state index contributed by atoms with van der Waals surface area (Å²) in [6.07, 6.45) is 1.27. The van der Waals surface area contributed by atoms with Gasteiger partial charge in [-0.3, -0.25) is 14.4 Å². The summed E-state index contributed by atoms with van der Waals surface area (Å²) < 4.78 is 7.27. The Bertz CT molecular complexity index is 1080. The second-order valence-corrected chi connectivity index (χ2v) is 8.93. The molecule has 2 aromatic rings. The Balaban J connectivity index is 1.28. The number of rotatable bonds is 4. The third-order valence-corrected chi connectivity index (χ3v) is 6.91. The monoisotopic (exact) mass is 421 g/mol. The predicted molar refractivity (Wildman–Crippen MR) is 115 cm³/mol. The van der Waals surface area contributed by atoms with Gasteiger partial charge in [0.15, 0.2) is 0 Å². The molecule has 31 heavy (non-hydrogen) atoms. The number of fused-ring (bicyclic) bond motifs is 4. The number of benzene rings is 1. The first kappa shape index (κ1) is 19.8. The van der Waals surface area contributed by atoms with Gasteiger partial charge in [-0.2, -0.15) is 0 Å². The molecular weight excluding hydrogens is 394 g/mol. The molecule has 3 aliphatic rings. The van der Waals surface area contributed by atoms with E-state index in [-0.39, 0.29) is 41.5 Å². The quantitative estimate of drug-likeness (QED) is 0.756. The second kappa shape index (κ2) is 7.87. The summed E-state index contributed by atoms with van der Waals surface area (Å²) in [5, 5.41) is 0. The Kier molecular flexibility index (Phi) is 5.04. The Morgan fingerprint density at radius 1 is 1.03 bits per heavy atom. The van der Waals surface area contributed by atoms with Crippen molar-refractivity contribution in [1.82, 2.24) is 14.4 Å². The predicted octanol–water partition coefficient (Wildman–Crippen LogP) is 1.85. The smallest absolute Gasteiger partial charge is 0.250 e. The Morgan fingerprint density at radius 3 is 2.71 bits per heavy atom. The number of amides is 2. The highest BCUT2D eigenvalue weighted by Gasteiger charge is 2.41. The molecule has 162 valence electrons. The molecule has 0 unspecified atom stereocenters. The van der Waals surface area contributed by atoms with Crippen LogP contribution in [-0.4, -0.2) is 52.9 Å². The van der Waals surface area contributed by atoms with E-state index in [1.54, 1.807) is 24.1 Å². The van der Waals surface area contributed by atoms with E-state index >= 15 is 0 Å². The molecule has 3 atom stereocenters. The van der Waals surface area contributed by atoms with Crippen molar-refractivity contribution in [1.29, 1.82) is 0 Å². The fraction of sp³-hybridized carbons (Fsp3) is 0.458. The Labute approximate surface area is 181 Å². The number of carbonyl (C=O) groups is 2. The van der Waals surface area contributed by atoms with Crippen molar-refractivity contribution in [2.45, 2.75) is 31.8 Å². The van der Waals surface area contributed by atoms with Crippen LogP contribution in [0.3, 0.4) is 0 Å². The number of aromatic nitrogens is 1. The minimum absolute atomic E-state index is 0.0124. The van der Waals surface area contributed by atoms with Crippen molar-refractivity contribution in [2.75, 3.05) is 26.7 Å². The molecule has 2 fully saturated rings. The van der Waals surface area contributed by atoms with Crippen LogP contribution in [0.1, 0.15) is 30.0 Å². The number of hydrogen-bond acceptors (Lipinski definition) is 4. The largest absolute Gasteiger partial charge is 0.496 e. The van der Waals surface area contributed by atoms with Crippen LogP contribution in [0.15, 0.2) is 47.3 Å². The normalized spacial score (nSPS) is 24.8.